The minimum atomic E-state index is 0.395. The molecule has 0 aliphatic heterocycles. The van der Waals surface area contributed by atoms with Gasteiger partial charge in [0.05, 0.1) is 0 Å². The van der Waals surface area contributed by atoms with Crippen molar-refractivity contribution < 1.29 is 4.52 Å². The van der Waals surface area contributed by atoms with E-state index in [1.54, 1.807) is 0 Å². The number of aromatic nitrogens is 2. The van der Waals surface area contributed by atoms with Crippen LogP contribution >= 0.6 is 0 Å². The highest BCUT2D eigenvalue weighted by atomic mass is 16.5. The molecule has 1 unspecified atom stereocenters. The van der Waals surface area contributed by atoms with Gasteiger partial charge in [-0.3, -0.25) is 0 Å². The fourth-order valence-electron chi connectivity index (χ4n) is 0.984. The molecule has 0 aliphatic rings. The maximum absolute atomic E-state index is 5.09. The number of rotatable bonds is 5. The first kappa shape index (κ1) is 10.2. The van der Waals surface area contributed by atoms with Crippen molar-refractivity contribution in [1.29, 1.82) is 0 Å². The third-order valence-corrected chi connectivity index (χ3v) is 2.13. The first-order chi connectivity index (χ1) is 6.27. The molecule has 1 aromatic rings. The highest BCUT2D eigenvalue weighted by molar-refractivity contribution is 4.93. The van der Waals surface area contributed by atoms with E-state index in [4.69, 9.17) is 4.52 Å². The molecule has 4 heteroatoms. The van der Waals surface area contributed by atoms with Gasteiger partial charge in [-0.2, -0.15) is 4.98 Å². The van der Waals surface area contributed by atoms with Crippen LogP contribution in [0.2, 0.25) is 0 Å². The van der Waals surface area contributed by atoms with Gasteiger partial charge < -0.3 is 9.84 Å². The standard InChI is InChI=1S/C9H17N3O/c1-4-7(2)9-11-8(13-12-9)5-6-10-3/h7,10H,4-6H2,1-3H3. The minimum Gasteiger partial charge on any atom is -0.339 e. The molecule has 1 rings (SSSR count). The average Bonchev–Trinajstić information content (AvgIpc) is 2.62. The fourth-order valence-corrected chi connectivity index (χ4v) is 0.984. The van der Waals surface area contributed by atoms with Crippen molar-refractivity contribution in [2.45, 2.75) is 32.6 Å². The van der Waals surface area contributed by atoms with Crippen LogP contribution in [0.4, 0.5) is 0 Å². The van der Waals surface area contributed by atoms with Gasteiger partial charge in [0.25, 0.3) is 0 Å². The molecule has 0 saturated heterocycles. The van der Waals surface area contributed by atoms with Crippen LogP contribution in [0.3, 0.4) is 0 Å². The van der Waals surface area contributed by atoms with Gasteiger partial charge in [-0.1, -0.05) is 19.0 Å². The van der Waals surface area contributed by atoms with E-state index in [1.165, 1.54) is 0 Å². The van der Waals surface area contributed by atoms with Gasteiger partial charge in [-0.05, 0) is 13.5 Å². The zero-order valence-electron chi connectivity index (χ0n) is 8.50. The predicted octanol–water partition coefficient (Wildman–Crippen LogP) is 1.34. The molecule has 0 aliphatic carbocycles. The summed E-state index contributed by atoms with van der Waals surface area (Å²) in [6.45, 7) is 5.10. The fraction of sp³-hybridized carbons (Fsp3) is 0.778. The Morgan fingerprint density at radius 3 is 2.92 bits per heavy atom. The highest BCUT2D eigenvalue weighted by Gasteiger charge is 2.10. The topological polar surface area (TPSA) is 51.0 Å². The molecule has 0 spiro atoms. The van der Waals surface area contributed by atoms with Gasteiger partial charge in [0.1, 0.15) is 0 Å². The van der Waals surface area contributed by atoms with E-state index < -0.39 is 0 Å². The molecule has 4 nitrogen and oxygen atoms in total. The normalized spacial score (nSPS) is 13.2. The van der Waals surface area contributed by atoms with Gasteiger partial charge in [0.15, 0.2) is 5.82 Å². The lowest BCUT2D eigenvalue weighted by molar-refractivity contribution is 0.369. The third-order valence-electron chi connectivity index (χ3n) is 2.13. The van der Waals surface area contributed by atoms with E-state index in [0.717, 1.165) is 31.1 Å². The number of nitrogens with zero attached hydrogens (tertiary/aromatic N) is 2. The van der Waals surface area contributed by atoms with Crippen molar-refractivity contribution in [3.05, 3.63) is 11.7 Å². The van der Waals surface area contributed by atoms with E-state index in [0.29, 0.717) is 5.92 Å². The summed E-state index contributed by atoms with van der Waals surface area (Å²) in [5.74, 6) is 1.95. The number of hydrogen-bond acceptors (Lipinski definition) is 4. The Morgan fingerprint density at radius 1 is 1.54 bits per heavy atom. The van der Waals surface area contributed by atoms with Crippen molar-refractivity contribution >= 4 is 0 Å². The Labute approximate surface area is 78.7 Å². The first-order valence-corrected chi connectivity index (χ1v) is 4.75. The molecule has 13 heavy (non-hydrogen) atoms. The first-order valence-electron chi connectivity index (χ1n) is 4.75. The van der Waals surface area contributed by atoms with E-state index >= 15 is 0 Å². The summed E-state index contributed by atoms with van der Waals surface area (Å²) in [5, 5.41) is 6.97. The molecule has 1 aromatic heterocycles. The smallest absolute Gasteiger partial charge is 0.227 e. The quantitative estimate of drug-likeness (QED) is 0.748. The lowest BCUT2D eigenvalue weighted by Gasteiger charge is -1.98. The van der Waals surface area contributed by atoms with Gasteiger partial charge in [0.2, 0.25) is 5.89 Å². The molecular weight excluding hydrogens is 166 g/mol. The molecular formula is C9H17N3O. The lowest BCUT2D eigenvalue weighted by atomic mass is 10.1. The summed E-state index contributed by atoms with van der Waals surface area (Å²) in [5.41, 5.74) is 0. The van der Waals surface area contributed by atoms with E-state index in [9.17, 15) is 0 Å². The number of hydrogen-bond donors (Lipinski definition) is 1. The van der Waals surface area contributed by atoms with E-state index in [2.05, 4.69) is 29.3 Å². The minimum absolute atomic E-state index is 0.395. The van der Waals surface area contributed by atoms with Crippen molar-refractivity contribution in [3.8, 4) is 0 Å². The van der Waals surface area contributed by atoms with Crippen LogP contribution < -0.4 is 5.32 Å². The van der Waals surface area contributed by atoms with E-state index in [-0.39, 0.29) is 0 Å². The Hall–Kier alpha value is -0.900. The molecule has 0 bridgehead atoms. The van der Waals surface area contributed by atoms with Crippen molar-refractivity contribution in [2.24, 2.45) is 0 Å². The molecule has 0 radical (unpaired) electrons. The second-order valence-electron chi connectivity index (χ2n) is 3.21. The van der Waals surface area contributed by atoms with Gasteiger partial charge in [0, 0.05) is 18.9 Å². The van der Waals surface area contributed by atoms with Crippen LogP contribution in [0.25, 0.3) is 0 Å². The molecule has 1 heterocycles. The lowest BCUT2D eigenvalue weighted by Crippen LogP contribution is -2.10. The molecule has 74 valence electrons. The molecule has 0 aromatic carbocycles. The molecule has 0 fully saturated rings. The van der Waals surface area contributed by atoms with Gasteiger partial charge in [-0.15, -0.1) is 0 Å². The SMILES string of the molecule is CCC(C)c1noc(CCNC)n1. The van der Waals surface area contributed by atoms with Crippen LogP contribution in [-0.2, 0) is 6.42 Å². The molecule has 1 N–H and O–H groups in total. The zero-order chi connectivity index (χ0) is 9.68. The van der Waals surface area contributed by atoms with Crippen molar-refractivity contribution in [2.75, 3.05) is 13.6 Å². The maximum Gasteiger partial charge on any atom is 0.227 e. The van der Waals surface area contributed by atoms with Gasteiger partial charge >= 0.3 is 0 Å². The molecule has 0 saturated carbocycles. The third kappa shape index (κ3) is 2.81. The summed E-state index contributed by atoms with van der Waals surface area (Å²) < 4.78 is 5.09. The Bertz CT molecular complexity index is 247. The maximum atomic E-state index is 5.09. The molecule has 1 atom stereocenters. The summed E-state index contributed by atoms with van der Waals surface area (Å²) in [6.07, 6.45) is 1.85. The Morgan fingerprint density at radius 2 is 2.31 bits per heavy atom. The Balaban J connectivity index is 2.53. The van der Waals surface area contributed by atoms with E-state index in [1.807, 2.05) is 7.05 Å². The van der Waals surface area contributed by atoms with Gasteiger partial charge in [-0.25, -0.2) is 0 Å². The van der Waals surface area contributed by atoms with Crippen LogP contribution in [0, 0.1) is 0 Å². The Kier molecular flexibility index (Phi) is 3.89. The predicted molar refractivity (Wildman–Crippen MR) is 50.6 cm³/mol. The number of likely N-dealkylation sites (N-methyl/N-ethyl adjacent to an activating group) is 1. The van der Waals surface area contributed by atoms with Crippen molar-refractivity contribution in [1.82, 2.24) is 15.5 Å². The zero-order valence-corrected chi connectivity index (χ0v) is 8.50. The summed E-state index contributed by atoms with van der Waals surface area (Å²) >= 11 is 0. The van der Waals surface area contributed by atoms with Crippen LogP contribution in [0.1, 0.15) is 37.9 Å². The second kappa shape index (κ2) is 4.97. The van der Waals surface area contributed by atoms with Crippen LogP contribution in [0.5, 0.6) is 0 Å². The largest absolute Gasteiger partial charge is 0.339 e. The molecule has 0 amide bonds. The second-order valence-corrected chi connectivity index (χ2v) is 3.21. The average molecular weight is 183 g/mol. The van der Waals surface area contributed by atoms with Crippen molar-refractivity contribution in [3.63, 3.8) is 0 Å². The van der Waals surface area contributed by atoms with Crippen LogP contribution in [-0.4, -0.2) is 23.7 Å². The monoisotopic (exact) mass is 183 g/mol. The summed E-state index contributed by atoms with van der Waals surface area (Å²) in [4.78, 5) is 4.30. The number of nitrogens with one attached hydrogen (secondary N) is 1. The van der Waals surface area contributed by atoms with Crippen LogP contribution in [0.15, 0.2) is 4.52 Å². The summed E-state index contributed by atoms with van der Waals surface area (Å²) in [6, 6.07) is 0. The summed E-state index contributed by atoms with van der Waals surface area (Å²) in [7, 11) is 1.91. The highest BCUT2D eigenvalue weighted by Crippen LogP contribution is 2.14.